The van der Waals surface area contributed by atoms with Gasteiger partial charge in [-0.1, -0.05) is 19.3 Å². The van der Waals surface area contributed by atoms with Crippen molar-refractivity contribution in [3.8, 4) is 0 Å². The second kappa shape index (κ2) is 5.50. The van der Waals surface area contributed by atoms with Gasteiger partial charge in [0.15, 0.2) is 0 Å². The lowest BCUT2D eigenvalue weighted by molar-refractivity contribution is -0.123. The fourth-order valence-electron chi connectivity index (χ4n) is 2.20. The summed E-state index contributed by atoms with van der Waals surface area (Å²) in [6.45, 7) is 3.85. The van der Waals surface area contributed by atoms with Gasteiger partial charge in [0.25, 0.3) is 0 Å². The molecule has 0 spiro atoms. The first-order chi connectivity index (χ1) is 7.02. The lowest BCUT2D eigenvalue weighted by atomic mass is 9.83. The summed E-state index contributed by atoms with van der Waals surface area (Å²) in [6, 6.07) is 0. The van der Waals surface area contributed by atoms with Crippen molar-refractivity contribution in [3.63, 3.8) is 0 Å². The molecular weight excluding hydrogens is 190 g/mol. The Morgan fingerprint density at radius 2 is 2.00 bits per heavy atom. The number of aliphatic hydroxyl groups is 1. The summed E-state index contributed by atoms with van der Waals surface area (Å²) < 4.78 is 0. The maximum Gasteiger partial charge on any atom is 0.220 e. The van der Waals surface area contributed by atoms with Crippen LogP contribution in [0.1, 0.15) is 58.8 Å². The number of hydrogen-bond acceptors (Lipinski definition) is 2. The van der Waals surface area contributed by atoms with Gasteiger partial charge in [-0.3, -0.25) is 4.79 Å². The Bertz CT molecular complexity index is 208. The molecule has 0 aromatic carbocycles. The van der Waals surface area contributed by atoms with Gasteiger partial charge in [0, 0.05) is 12.0 Å². The van der Waals surface area contributed by atoms with E-state index in [9.17, 15) is 4.79 Å². The zero-order chi connectivity index (χ0) is 11.3. The summed E-state index contributed by atoms with van der Waals surface area (Å²) in [5.41, 5.74) is 0.00796. The maximum atomic E-state index is 11.6. The molecule has 88 valence electrons. The first-order valence-corrected chi connectivity index (χ1v) is 6.01. The van der Waals surface area contributed by atoms with Crippen LogP contribution < -0.4 is 5.32 Å². The van der Waals surface area contributed by atoms with Gasteiger partial charge in [-0.2, -0.15) is 0 Å². The van der Waals surface area contributed by atoms with E-state index in [1.807, 2.05) is 0 Å². The van der Waals surface area contributed by atoms with Gasteiger partial charge < -0.3 is 10.4 Å². The summed E-state index contributed by atoms with van der Waals surface area (Å²) in [7, 11) is 0. The number of hydrogen-bond donors (Lipinski definition) is 2. The van der Waals surface area contributed by atoms with Crippen LogP contribution in [0.25, 0.3) is 0 Å². The highest BCUT2D eigenvalue weighted by molar-refractivity contribution is 5.76. The summed E-state index contributed by atoms with van der Waals surface area (Å²) in [6.07, 6.45) is 6.52. The Morgan fingerprint density at radius 1 is 1.40 bits per heavy atom. The van der Waals surface area contributed by atoms with Crippen LogP contribution in [0, 0.1) is 0 Å². The van der Waals surface area contributed by atoms with Crippen LogP contribution >= 0.6 is 0 Å². The van der Waals surface area contributed by atoms with Gasteiger partial charge in [-0.05, 0) is 33.1 Å². The maximum absolute atomic E-state index is 11.6. The topological polar surface area (TPSA) is 49.3 Å². The molecule has 15 heavy (non-hydrogen) atoms. The third-order valence-corrected chi connectivity index (χ3v) is 3.19. The monoisotopic (exact) mass is 213 g/mol. The molecule has 3 heteroatoms. The Morgan fingerprint density at radius 3 is 2.53 bits per heavy atom. The first-order valence-electron chi connectivity index (χ1n) is 6.01. The summed E-state index contributed by atoms with van der Waals surface area (Å²) in [4.78, 5) is 11.6. The molecule has 0 aromatic heterocycles. The van der Waals surface area contributed by atoms with Crippen molar-refractivity contribution in [2.45, 2.75) is 70.4 Å². The number of nitrogens with one attached hydrogen (secondary N) is 1. The minimum atomic E-state index is -0.380. The lowest BCUT2D eigenvalue weighted by Crippen LogP contribution is -2.47. The molecule has 0 aromatic rings. The standard InChI is InChI=1S/C12H23NO2/c1-10(14)6-7-11(15)13-12(2)8-4-3-5-9-12/h10,14H,3-9H2,1-2H3,(H,13,15). The van der Waals surface area contributed by atoms with Crippen LogP contribution in [0.5, 0.6) is 0 Å². The molecular formula is C12H23NO2. The molecule has 0 heterocycles. The van der Waals surface area contributed by atoms with Crippen molar-refractivity contribution in [1.82, 2.24) is 5.32 Å². The molecule has 1 rings (SSSR count). The molecule has 3 nitrogen and oxygen atoms in total. The summed E-state index contributed by atoms with van der Waals surface area (Å²) >= 11 is 0. The molecule has 0 radical (unpaired) electrons. The van der Waals surface area contributed by atoms with Crippen molar-refractivity contribution >= 4 is 5.91 Å². The number of carbonyl (C=O) groups is 1. The van der Waals surface area contributed by atoms with E-state index in [-0.39, 0.29) is 17.6 Å². The number of aliphatic hydroxyl groups excluding tert-OH is 1. The summed E-state index contributed by atoms with van der Waals surface area (Å²) in [5.74, 6) is 0.0836. The highest BCUT2D eigenvalue weighted by atomic mass is 16.3. The fraction of sp³-hybridized carbons (Fsp3) is 0.917. The van der Waals surface area contributed by atoms with Crippen molar-refractivity contribution in [1.29, 1.82) is 0 Å². The molecule has 0 aliphatic heterocycles. The largest absolute Gasteiger partial charge is 0.393 e. The molecule has 0 saturated heterocycles. The van der Waals surface area contributed by atoms with Gasteiger partial charge in [-0.25, -0.2) is 0 Å². The van der Waals surface area contributed by atoms with Crippen LogP contribution in [0.15, 0.2) is 0 Å². The average molecular weight is 213 g/mol. The molecule has 1 amide bonds. The molecule has 1 unspecified atom stereocenters. The normalized spacial score (nSPS) is 22.1. The molecule has 1 saturated carbocycles. The van der Waals surface area contributed by atoms with E-state index < -0.39 is 0 Å². The lowest BCUT2D eigenvalue weighted by Gasteiger charge is -2.34. The fourth-order valence-corrected chi connectivity index (χ4v) is 2.20. The van der Waals surface area contributed by atoms with Crippen molar-refractivity contribution in [3.05, 3.63) is 0 Å². The number of rotatable bonds is 4. The molecule has 1 aliphatic rings. The zero-order valence-electron chi connectivity index (χ0n) is 9.88. The smallest absolute Gasteiger partial charge is 0.220 e. The predicted molar refractivity (Wildman–Crippen MR) is 60.5 cm³/mol. The highest BCUT2D eigenvalue weighted by Crippen LogP contribution is 2.27. The van der Waals surface area contributed by atoms with Crippen LogP contribution in [0.4, 0.5) is 0 Å². The van der Waals surface area contributed by atoms with Gasteiger partial charge >= 0.3 is 0 Å². The SMILES string of the molecule is CC(O)CCC(=O)NC1(C)CCCCC1. The van der Waals surface area contributed by atoms with Crippen LogP contribution in [0.3, 0.4) is 0 Å². The van der Waals surface area contributed by atoms with E-state index in [1.165, 1.54) is 19.3 Å². The number of amides is 1. The molecule has 2 N–H and O–H groups in total. The molecule has 1 atom stereocenters. The Kier molecular flexibility index (Phi) is 4.58. The van der Waals surface area contributed by atoms with Gasteiger partial charge in [0.1, 0.15) is 0 Å². The minimum absolute atomic E-state index is 0.00796. The van der Waals surface area contributed by atoms with E-state index in [0.29, 0.717) is 12.8 Å². The van der Waals surface area contributed by atoms with E-state index in [2.05, 4.69) is 12.2 Å². The van der Waals surface area contributed by atoms with Crippen LogP contribution in [-0.4, -0.2) is 22.7 Å². The molecule has 1 aliphatic carbocycles. The van der Waals surface area contributed by atoms with Gasteiger partial charge in [0.05, 0.1) is 6.10 Å². The van der Waals surface area contributed by atoms with Crippen LogP contribution in [0.2, 0.25) is 0 Å². The Labute approximate surface area is 92.3 Å². The average Bonchev–Trinajstić information content (AvgIpc) is 2.15. The minimum Gasteiger partial charge on any atom is -0.393 e. The Hall–Kier alpha value is -0.570. The summed E-state index contributed by atoms with van der Waals surface area (Å²) in [5, 5.41) is 12.2. The molecule has 1 fully saturated rings. The van der Waals surface area contributed by atoms with Gasteiger partial charge in [-0.15, -0.1) is 0 Å². The quantitative estimate of drug-likeness (QED) is 0.750. The van der Waals surface area contributed by atoms with Crippen molar-refractivity contribution in [2.75, 3.05) is 0 Å². The first kappa shape index (κ1) is 12.5. The predicted octanol–water partition coefficient (Wildman–Crippen LogP) is 1.99. The van der Waals surface area contributed by atoms with E-state index in [0.717, 1.165) is 12.8 Å². The second-order valence-electron chi connectivity index (χ2n) is 5.06. The molecule has 0 bridgehead atoms. The van der Waals surface area contributed by atoms with E-state index >= 15 is 0 Å². The van der Waals surface area contributed by atoms with E-state index in [4.69, 9.17) is 5.11 Å². The van der Waals surface area contributed by atoms with Crippen molar-refractivity contribution in [2.24, 2.45) is 0 Å². The van der Waals surface area contributed by atoms with Gasteiger partial charge in [0.2, 0.25) is 5.91 Å². The third kappa shape index (κ3) is 4.65. The zero-order valence-corrected chi connectivity index (χ0v) is 9.88. The third-order valence-electron chi connectivity index (χ3n) is 3.19. The Balaban J connectivity index is 2.29. The highest BCUT2D eigenvalue weighted by Gasteiger charge is 2.27. The second-order valence-corrected chi connectivity index (χ2v) is 5.06. The van der Waals surface area contributed by atoms with E-state index in [1.54, 1.807) is 6.92 Å². The van der Waals surface area contributed by atoms with Crippen molar-refractivity contribution < 1.29 is 9.90 Å². The van der Waals surface area contributed by atoms with Crippen LogP contribution in [-0.2, 0) is 4.79 Å². The number of carbonyl (C=O) groups excluding carboxylic acids is 1.